The molecule has 0 aromatic heterocycles. The predicted molar refractivity (Wildman–Crippen MR) is 44.7 cm³/mol. The topological polar surface area (TPSA) is 29.5 Å². The average Bonchev–Trinajstić information content (AvgIpc) is 1.85. The Morgan fingerprint density at radius 2 is 2.00 bits per heavy atom. The summed E-state index contributed by atoms with van der Waals surface area (Å²) < 4.78 is 5.19. The van der Waals surface area contributed by atoms with Crippen molar-refractivity contribution in [3.05, 3.63) is 0 Å². The van der Waals surface area contributed by atoms with Crippen LogP contribution in [0.1, 0.15) is 13.3 Å². The van der Waals surface area contributed by atoms with Crippen LogP contribution in [0, 0.1) is 0 Å². The molecule has 11 heavy (non-hydrogen) atoms. The minimum absolute atomic E-state index is 0.190. The minimum Gasteiger partial charge on any atom is -0.380 e. The number of hydrogen-bond acceptors (Lipinski definition) is 3. The molecule has 3 heteroatoms. The molecule has 0 rings (SSSR count). The number of carbonyl (C=O) groups is 1. The average molecular weight is 159 g/mol. The van der Waals surface area contributed by atoms with Gasteiger partial charge in [0.25, 0.3) is 0 Å². The summed E-state index contributed by atoms with van der Waals surface area (Å²) in [5.74, 6) is 0.190. The zero-order chi connectivity index (χ0) is 8.69. The quantitative estimate of drug-likeness (QED) is 0.530. The predicted octanol–water partition coefficient (Wildman–Crippen LogP) is 0.544. The fourth-order valence-corrected chi connectivity index (χ4v) is 0.565. The number of ketones is 1. The van der Waals surface area contributed by atoms with Gasteiger partial charge in [-0.25, -0.2) is 0 Å². The molecule has 0 amide bonds. The van der Waals surface area contributed by atoms with Crippen LogP contribution in [0.15, 0.2) is 0 Å². The van der Waals surface area contributed by atoms with E-state index in [-0.39, 0.29) is 5.78 Å². The van der Waals surface area contributed by atoms with E-state index in [2.05, 4.69) is 0 Å². The van der Waals surface area contributed by atoms with E-state index >= 15 is 0 Å². The fraction of sp³-hybridized carbons (Fsp3) is 0.875. The first-order valence-corrected chi connectivity index (χ1v) is 3.85. The fourth-order valence-electron chi connectivity index (χ4n) is 0.565. The molecule has 0 saturated heterocycles. The Morgan fingerprint density at radius 3 is 2.45 bits per heavy atom. The van der Waals surface area contributed by atoms with Gasteiger partial charge in [-0.3, -0.25) is 4.79 Å². The first kappa shape index (κ1) is 10.6. The molecule has 0 saturated carbocycles. The lowest BCUT2D eigenvalue weighted by atomic mass is 10.3. The van der Waals surface area contributed by atoms with E-state index in [1.54, 1.807) is 6.92 Å². The minimum atomic E-state index is 0.190. The molecule has 3 nitrogen and oxygen atoms in total. The molecule has 66 valence electrons. The summed E-state index contributed by atoms with van der Waals surface area (Å²) in [6, 6.07) is 0. The summed E-state index contributed by atoms with van der Waals surface area (Å²) in [7, 11) is 3.99. The third-order valence-electron chi connectivity index (χ3n) is 1.28. The van der Waals surface area contributed by atoms with E-state index in [9.17, 15) is 4.79 Å². The Kier molecular flexibility index (Phi) is 6.07. The molecular formula is C8H17NO2. The molecule has 0 aliphatic rings. The lowest BCUT2D eigenvalue weighted by Gasteiger charge is -2.08. The maximum atomic E-state index is 10.5. The number of rotatable bonds is 6. The molecule has 0 fully saturated rings. The van der Waals surface area contributed by atoms with Gasteiger partial charge in [-0.05, 0) is 21.0 Å². The zero-order valence-electron chi connectivity index (χ0n) is 7.59. The Labute approximate surface area is 68.3 Å². The maximum Gasteiger partial charge on any atom is 0.132 e. The second-order valence-corrected chi connectivity index (χ2v) is 2.87. The van der Waals surface area contributed by atoms with Gasteiger partial charge >= 0.3 is 0 Å². The van der Waals surface area contributed by atoms with Crippen molar-refractivity contribution in [2.45, 2.75) is 13.3 Å². The van der Waals surface area contributed by atoms with E-state index in [4.69, 9.17) is 4.74 Å². The van der Waals surface area contributed by atoms with Gasteiger partial charge in [0.2, 0.25) is 0 Å². The monoisotopic (exact) mass is 159 g/mol. The van der Waals surface area contributed by atoms with Gasteiger partial charge in [0, 0.05) is 13.0 Å². The smallest absolute Gasteiger partial charge is 0.132 e. The van der Waals surface area contributed by atoms with Crippen LogP contribution in [0.5, 0.6) is 0 Å². The van der Waals surface area contributed by atoms with Crippen molar-refractivity contribution in [3.8, 4) is 0 Å². The summed E-state index contributed by atoms with van der Waals surface area (Å²) in [6.07, 6.45) is 0.535. The lowest BCUT2D eigenvalue weighted by molar-refractivity contribution is -0.118. The van der Waals surface area contributed by atoms with E-state index in [0.717, 1.165) is 6.54 Å². The van der Waals surface area contributed by atoms with E-state index in [1.807, 2.05) is 19.0 Å². The van der Waals surface area contributed by atoms with Crippen LogP contribution in [0.3, 0.4) is 0 Å². The molecule has 0 aromatic carbocycles. The van der Waals surface area contributed by atoms with Crippen LogP contribution in [-0.4, -0.2) is 44.5 Å². The van der Waals surface area contributed by atoms with Crippen LogP contribution in [0.4, 0.5) is 0 Å². The highest BCUT2D eigenvalue weighted by molar-refractivity contribution is 5.75. The highest BCUT2D eigenvalue weighted by atomic mass is 16.5. The molecule has 0 aliphatic heterocycles. The van der Waals surface area contributed by atoms with Crippen molar-refractivity contribution in [2.24, 2.45) is 0 Å². The third kappa shape index (κ3) is 9.59. The van der Waals surface area contributed by atoms with Crippen molar-refractivity contribution in [3.63, 3.8) is 0 Å². The zero-order valence-corrected chi connectivity index (χ0v) is 7.59. The van der Waals surface area contributed by atoms with Crippen molar-refractivity contribution in [1.29, 1.82) is 0 Å². The van der Waals surface area contributed by atoms with Crippen LogP contribution in [0.2, 0.25) is 0 Å². The second kappa shape index (κ2) is 6.31. The number of nitrogens with zero attached hydrogens (tertiary/aromatic N) is 1. The van der Waals surface area contributed by atoms with Crippen LogP contribution in [-0.2, 0) is 9.53 Å². The molecule has 0 heterocycles. The highest BCUT2D eigenvalue weighted by Crippen LogP contribution is 1.84. The van der Waals surface area contributed by atoms with Gasteiger partial charge in [-0.15, -0.1) is 0 Å². The van der Waals surface area contributed by atoms with Crippen LogP contribution >= 0.6 is 0 Å². The lowest BCUT2D eigenvalue weighted by Crippen LogP contribution is -2.18. The van der Waals surface area contributed by atoms with Crippen molar-refractivity contribution in [1.82, 2.24) is 4.90 Å². The summed E-state index contributed by atoms with van der Waals surface area (Å²) in [5.41, 5.74) is 0. The Morgan fingerprint density at radius 1 is 1.36 bits per heavy atom. The molecule has 0 spiro atoms. The van der Waals surface area contributed by atoms with Gasteiger partial charge in [0.1, 0.15) is 5.78 Å². The summed E-state index contributed by atoms with van der Waals surface area (Å²) >= 11 is 0. The normalized spacial score (nSPS) is 10.5. The molecule has 0 aliphatic carbocycles. The Bertz CT molecular complexity index is 113. The summed E-state index contributed by atoms with van der Waals surface area (Å²) in [5, 5.41) is 0. The first-order valence-electron chi connectivity index (χ1n) is 3.85. The van der Waals surface area contributed by atoms with E-state index < -0.39 is 0 Å². The molecule has 0 bridgehead atoms. The Balaban J connectivity index is 2.97. The number of carbonyl (C=O) groups excluding carboxylic acids is 1. The number of Topliss-reactive ketones (excluding diaryl/α,β-unsaturated/α-hetero) is 1. The van der Waals surface area contributed by atoms with E-state index in [0.29, 0.717) is 19.6 Å². The second-order valence-electron chi connectivity index (χ2n) is 2.87. The van der Waals surface area contributed by atoms with Gasteiger partial charge in [0.05, 0.1) is 13.2 Å². The third-order valence-corrected chi connectivity index (χ3v) is 1.28. The Hall–Kier alpha value is -0.410. The molecular weight excluding hydrogens is 142 g/mol. The molecule has 0 unspecified atom stereocenters. The largest absolute Gasteiger partial charge is 0.380 e. The van der Waals surface area contributed by atoms with Crippen molar-refractivity contribution < 1.29 is 9.53 Å². The summed E-state index contributed by atoms with van der Waals surface area (Å²) in [4.78, 5) is 12.5. The first-order chi connectivity index (χ1) is 5.13. The standard InChI is InChI=1S/C8H17NO2/c1-8(10)4-6-11-7-5-9(2)3/h4-7H2,1-3H3. The van der Waals surface area contributed by atoms with Gasteiger partial charge in [0.15, 0.2) is 0 Å². The summed E-state index contributed by atoms with van der Waals surface area (Å²) in [6.45, 7) is 3.76. The van der Waals surface area contributed by atoms with E-state index in [1.165, 1.54) is 0 Å². The highest BCUT2D eigenvalue weighted by Gasteiger charge is 1.93. The molecule has 0 aromatic rings. The van der Waals surface area contributed by atoms with Gasteiger partial charge in [-0.1, -0.05) is 0 Å². The van der Waals surface area contributed by atoms with Crippen LogP contribution in [0.25, 0.3) is 0 Å². The number of likely N-dealkylation sites (N-methyl/N-ethyl adjacent to an activating group) is 1. The van der Waals surface area contributed by atoms with Crippen molar-refractivity contribution in [2.75, 3.05) is 33.9 Å². The number of hydrogen-bond donors (Lipinski definition) is 0. The number of ether oxygens (including phenoxy) is 1. The molecule has 0 radical (unpaired) electrons. The van der Waals surface area contributed by atoms with Crippen LogP contribution < -0.4 is 0 Å². The SMILES string of the molecule is CC(=O)CCOCCN(C)C. The molecule has 0 atom stereocenters. The van der Waals surface area contributed by atoms with Gasteiger partial charge in [-0.2, -0.15) is 0 Å². The van der Waals surface area contributed by atoms with Gasteiger partial charge < -0.3 is 9.64 Å². The van der Waals surface area contributed by atoms with Crippen molar-refractivity contribution >= 4 is 5.78 Å². The maximum absolute atomic E-state index is 10.5. The molecule has 0 N–H and O–H groups in total.